The molecular weight excluding hydrogens is 585 g/mol. The van der Waals surface area contributed by atoms with Gasteiger partial charge in [-0.3, -0.25) is 0 Å². The fourth-order valence-corrected chi connectivity index (χ4v) is 6.74. The Kier molecular flexibility index (Phi) is 7.44. The summed E-state index contributed by atoms with van der Waals surface area (Å²) in [5, 5.41) is 5.00. The predicted molar refractivity (Wildman–Crippen MR) is 203 cm³/mol. The molecule has 0 aliphatic carbocycles. The summed E-state index contributed by atoms with van der Waals surface area (Å²) in [5.41, 5.74) is 8.31. The van der Waals surface area contributed by atoms with E-state index in [1.165, 1.54) is 43.8 Å². The molecule has 1 fully saturated rings. The van der Waals surface area contributed by atoms with E-state index >= 15 is 0 Å². The van der Waals surface area contributed by atoms with Gasteiger partial charge in [0.15, 0.2) is 0 Å². The lowest BCUT2D eigenvalue weighted by Gasteiger charge is -2.32. The van der Waals surface area contributed by atoms with Crippen LogP contribution in [0.15, 0.2) is 158 Å². The minimum atomic E-state index is -0.405. The molecule has 3 nitrogen and oxygen atoms in total. The number of fused-ring (bicyclic) bond motifs is 2. The van der Waals surface area contributed by atoms with E-state index < -0.39 is 7.12 Å². The molecule has 48 heavy (non-hydrogen) atoms. The van der Waals surface area contributed by atoms with Crippen LogP contribution in [0.25, 0.3) is 43.8 Å². The van der Waals surface area contributed by atoms with E-state index in [-0.39, 0.29) is 11.2 Å². The maximum atomic E-state index is 6.36. The van der Waals surface area contributed by atoms with Gasteiger partial charge in [-0.25, -0.2) is 0 Å². The standard InChI is InChI=1S/C44H38BNO2/c1-43(2)44(3,4)48-45(47-43)35-23-29-38(30-24-35)46(36-25-19-33(20-26-36)41-17-9-13-31-11-5-7-15-39(31)41)37-27-21-34(22-28-37)42-18-10-14-32-12-6-8-16-40(32)42/h5-30H,1-4H3. The SMILES string of the molecule is CC1(C)OB(c2ccc(N(c3ccc(-c4cccc5ccccc45)cc3)c3ccc(-c4cccc5ccccc45)cc3)cc2)OC1(C)C. The van der Waals surface area contributed by atoms with Gasteiger partial charge >= 0.3 is 7.12 Å². The third-order valence-corrected chi connectivity index (χ3v) is 10.1. The molecule has 1 aliphatic heterocycles. The smallest absolute Gasteiger partial charge is 0.399 e. The number of anilines is 3. The number of hydrogen-bond acceptors (Lipinski definition) is 3. The monoisotopic (exact) mass is 623 g/mol. The minimum Gasteiger partial charge on any atom is -0.399 e. The van der Waals surface area contributed by atoms with Crippen LogP contribution in [-0.4, -0.2) is 18.3 Å². The van der Waals surface area contributed by atoms with Gasteiger partial charge in [0.25, 0.3) is 0 Å². The second-order valence-corrected chi connectivity index (χ2v) is 13.7. The van der Waals surface area contributed by atoms with E-state index in [4.69, 9.17) is 9.31 Å². The van der Waals surface area contributed by atoms with Crippen LogP contribution in [0, 0.1) is 0 Å². The molecule has 0 amide bonds. The summed E-state index contributed by atoms with van der Waals surface area (Å²) in [6.07, 6.45) is 0. The zero-order valence-electron chi connectivity index (χ0n) is 27.9. The molecule has 0 radical (unpaired) electrons. The zero-order chi connectivity index (χ0) is 32.9. The molecule has 234 valence electrons. The molecule has 7 aromatic rings. The second kappa shape index (κ2) is 11.8. The first-order valence-corrected chi connectivity index (χ1v) is 16.7. The van der Waals surface area contributed by atoms with E-state index in [9.17, 15) is 0 Å². The molecule has 1 heterocycles. The third-order valence-electron chi connectivity index (χ3n) is 10.1. The van der Waals surface area contributed by atoms with Crippen LogP contribution in [-0.2, 0) is 9.31 Å². The molecule has 0 spiro atoms. The molecule has 8 rings (SSSR count). The fourth-order valence-electron chi connectivity index (χ4n) is 6.74. The number of benzene rings is 7. The Bertz CT molecular complexity index is 2090. The van der Waals surface area contributed by atoms with Crippen molar-refractivity contribution in [3.8, 4) is 22.3 Å². The molecule has 7 aromatic carbocycles. The van der Waals surface area contributed by atoms with Crippen LogP contribution in [0.5, 0.6) is 0 Å². The molecule has 0 unspecified atom stereocenters. The quantitative estimate of drug-likeness (QED) is 0.172. The average Bonchev–Trinajstić information content (AvgIpc) is 3.34. The minimum absolute atomic E-state index is 0.389. The first-order chi connectivity index (χ1) is 23.3. The molecule has 4 heteroatoms. The summed E-state index contributed by atoms with van der Waals surface area (Å²) in [7, 11) is -0.405. The lowest BCUT2D eigenvalue weighted by Crippen LogP contribution is -2.41. The second-order valence-electron chi connectivity index (χ2n) is 13.7. The molecule has 1 saturated heterocycles. The maximum Gasteiger partial charge on any atom is 0.494 e. The van der Waals surface area contributed by atoms with Crippen LogP contribution < -0.4 is 10.4 Å². The van der Waals surface area contributed by atoms with Crippen LogP contribution in [0.4, 0.5) is 17.1 Å². The van der Waals surface area contributed by atoms with Gasteiger partial charge in [-0.2, -0.15) is 0 Å². The highest BCUT2D eigenvalue weighted by atomic mass is 16.7. The van der Waals surface area contributed by atoms with E-state index in [1.807, 2.05) is 0 Å². The molecule has 0 N–H and O–H groups in total. The zero-order valence-corrected chi connectivity index (χ0v) is 27.9. The van der Waals surface area contributed by atoms with Crippen molar-refractivity contribution in [3.05, 3.63) is 158 Å². The van der Waals surface area contributed by atoms with Crippen LogP contribution in [0.2, 0.25) is 0 Å². The summed E-state index contributed by atoms with van der Waals surface area (Å²) >= 11 is 0. The van der Waals surface area contributed by atoms with Crippen molar-refractivity contribution in [1.82, 2.24) is 0 Å². The lowest BCUT2D eigenvalue weighted by atomic mass is 9.79. The van der Waals surface area contributed by atoms with E-state index in [2.05, 4.69) is 190 Å². The summed E-state index contributed by atoms with van der Waals surface area (Å²) in [6, 6.07) is 56.5. The summed E-state index contributed by atoms with van der Waals surface area (Å²) in [6.45, 7) is 8.36. The molecule has 0 aromatic heterocycles. The number of hydrogen-bond donors (Lipinski definition) is 0. The average molecular weight is 624 g/mol. The van der Waals surface area contributed by atoms with Crippen molar-refractivity contribution in [2.45, 2.75) is 38.9 Å². The Labute approximate surface area is 283 Å². The van der Waals surface area contributed by atoms with Crippen molar-refractivity contribution in [1.29, 1.82) is 0 Å². The van der Waals surface area contributed by atoms with Crippen LogP contribution >= 0.6 is 0 Å². The Morgan fingerprint density at radius 1 is 0.417 bits per heavy atom. The first-order valence-electron chi connectivity index (χ1n) is 16.7. The number of rotatable bonds is 6. The van der Waals surface area contributed by atoms with E-state index in [1.54, 1.807) is 0 Å². The van der Waals surface area contributed by atoms with Gasteiger partial charge in [-0.1, -0.05) is 121 Å². The molecule has 0 bridgehead atoms. The van der Waals surface area contributed by atoms with Crippen molar-refractivity contribution in [2.24, 2.45) is 0 Å². The van der Waals surface area contributed by atoms with Crippen molar-refractivity contribution in [2.75, 3.05) is 4.90 Å². The van der Waals surface area contributed by atoms with Crippen molar-refractivity contribution >= 4 is 51.2 Å². The van der Waals surface area contributed by atoms with Gasteiger partial charge in [-0.05, 0) is 113 Å². The Balaban J connectivity index is 1.18. The van der Waals surface area contributed by atoms with Gasteiger partial charge in [0, 0.05) is 17.1 Å². The molecular formula is C44H38BNO2. The summed E-state index contributed by atoms with van der Waals surface area (Å²) in [4.78, 5) is 2.31. The van der Waals surface area contributed by atoms with E-state index in [0.717, 1.165) is 22.5 Å². The molecule has 0 saturated carbocycles. The van der Waals surface area contributed by atoms with Gasteiger partial charge < -0.3 is 14.2 Å². The Morgan fingerprint density at radius 3 is 1.23 bits per heavy atom. The van der Waals surface area contributed by atoms with E-state index in [0.29, 0.717) is 0 Å². The largest absolute Gasteiger partial charge is 0.494 e. The fraction of sp³-hybridized carbons (Fsp3) is 0.136. The van der Waals surface area contributed by atoms with Gasteiger partial charge in [-0.15, -0.1) is 0 Å². The van der Waals surface area contributed by atoms with Crippen molar-refractivity contribution in [3.63, 3.8) is 0 Å². The van der Waals surface area contributed by atoms with Crippen LogP contribution in [0.1, 0.15) is 27.7 Å². The number of nitrogens with zero attached hydrogens (tertiary/aromatic N) is 1. The summed E-state index contributed by atoms with van der Waals surface area (Å²) in [5.74, 6) is 0. The van der Waals surface area contributed by atoms with Gasteiger partial charge in [0.2, 0.25) is 0 Å². The third kappa shape index (κ3) is 5.37. The lowest BCUT2D eigenvalue weighted by molar-refractivity contribution is 0.00578. The highest BCUT2D eigenvalue weighted by molar-refractivity contribution is 6.62. The predicted octanol–water partition coefficient (Wildman–Crippen LogP) is 11.1. The normalized spacial score (nSPS) is 15.2. The molecule has 1 aliphatic rings. The molecule has 0 atom stereocenters. The van der Waals surface area contributed by atoms with Gasteiger partial charge in [0.05, 0.1) is 11.2 Å². The van der Waals surface area contributed by atoms with Gasteiger partial charge in [0.1, 0.15) is 0 Å². The van der Waals surface area contributed by atoms with Crippen molar-refractivity contribution < 1.29 is 9.31 Å². The topological polar surface area (TPSA) is 21.7 Å². The Hall–Kier alpha value is -5.16. The highest BCUT2D eigenvalue weighted by Gasteiger charge is 2.51. The Morgan fingerprint density at radius 2 is 0.792 bits per heavy atom. The first kappa shape index (κ1) is 30.2. The summed E-state index contributed by atoms with van der Waals surface area (Å²) < 4.78 is 12.7. The van der Waals surface area contributed by atoms with Crippen LogP contribution in [0.3, 0.4) is 0 Å². The highest BCUT2D eigenvalue weighted by Crippen LogP contribution is 2.40. The maximum absolute atomic E-state index is 6.36.